The topological polar surface area (TPSA) is 55.8 Å². The van der Waals surface area contributed by atoms with Gasteiger partial charge in [-0.15, -0.1) is 0 Å². The van der Waals surface area contributed by atoms with E-state index in [2.05, 4.69) is 48.8 Å². The molecule has 1 aliphatic heterocycles. The molecule has 1 fully saturated rings. The minimum atomic E-state index is -0.287. The number of halogens is 1. The zero-order chi connectivity index (χ0) is 25.7. The number of carbonyl (C=O) groups is 2. The standard InChI is InChI=1S/C29H28BrNO4S/c1-29(2,3)22-9-13-24(14-10-22)34-15-16-35-25-6-4-5-21(17-25)18-26-27(32)31(28(33)36-26)19-20-7-11-23(30)12-8-20/h4-14,17-18H,15-16,19H2,1-3H3/b26-18-. The molecule has 0 unspecified atom stereocenters. The molecule has 1 heterocycles. The van der Waals surface area contributed by atoms with E-state index in [-0.39, 0.29) is 23.1 Å². The molecule has 3 aromatic rings. The molecule has 0 spiro atoms. The Balaban J connectivity index is 1.32. The van der Waals surface area contributed by atoms with Crippen LogP contribution in [-0.4, -0.2) is 29.3 Å². The summed E-state index contributed by atoms with van der Waals surface area (Å²) in [4.78, 5) is 27.0. The van der Waals surface area contributed by atoms with E-state index in [1.165, 1.54) is 10.5 Å². The van der Waals surface area contributed by atoms with Crippen LogP contribution in [0.3, 0.4) is 0 Å². The van der Waals surface area contributed by atoms with E-state index in [9.17, 15) is 9.59 Å². The molecule has 0 N–H and O–H groups in total. The fourth-order valence-corrected chi connectivity index (χ4v) is 4.73. The summed E-state index contributed by atoms with van der Waals surface area (Å²) in [6.07, 6.45) is 1.73. The number of hydrogen-bond donors (Lipinski definition) is 0. The summed E-state index contributed by atoms with van der Waals surface area (Å²) in [5, 5.41) is -0.269. The van der Waals surface area contributed by atoms with Gasteiger partial charge in [-0.25, -0.2) is 0 Å². The summed E-state index contributed by atoms with van der Waals surface area (Å²) < 4.78 is 12.6. The first-order chi connectivity index (χ1) is 17.2. The molecule has 3 aromatic carbocycles. The van der Waals surface area contributed by atoms with Gasteiger partial charge >= 0.3 is 0 Å². The van der Waals surface area contributed by atoms with Gasteiger partial charge in [0.25, 0.3) is 11.1 Å². The molecule has 0 saturated carbocycles. The van der Waals surface area contributed by atoms with Gasteiger partial charge in [-0.3, -0.25) is 14.5 Å². The average molecular weight is 567 g/mol. The molecule has 0 aromatic heterocycles. The second kappa shape index (κ2) is 11.4. The van der Waals surface area contributed by atoms with E-state index in [0.29, 0.717) is 23.9 Å². The maximum absolute atomic E-state index is 12.9. The molecule has 5 nitrogen and oxygen atoms in total. The Morgan fingerprint density at radius 3 is 2.22 bits per heavy atom. The van der Waals surface area contributed by atoms with Crippen LogP contribution in [0.25, 0.3) is 6.08 Å². The van der Waals surface area contributed by atoms with Crippen molar-refractivity contribution in [2.45, 2.75) is 32.7 Å². The van der Waals surface area contributed by atoms with Gasteiger partial charge in [0.2, 0.25) is 0 Å². The lowest BCUT2D eigenvalue weighted by Crippen LogP contribution is -2.27. The molecular weight excluding hydrogens is 538 g/mol. The molecule has 4 rings (SSSR count). The van der Waals surface area contributed by atoms with Gasteiger partial charge in [0.05, 0.1) is 11.4 Å². The lowest BCUT2D eigenvalue weighted by Gasteiger charge is -2.19. The molecule has 0 atom stereocenters. The first kappa shape index (κ1) is 26.0. The Hall–Kier alpha value is -3.03. The summed E-state index contributed by atoms with van der Waals surface area (Å²) in [7, 11) is 0. The zero-order valence-electron chi connectivity index (χ0n) is 20.5. The van der Waals surface area contributed by atoms with Crippen molar-refractivity contribution in [1.82, 2.24) is 4.90 Å². The third kappa shape index (κ3) is 6.80. The van der Waals surface area contributed by atoms with Crippen LogP contribution in [0.2, 0.25) is 0 Å². The van der Waals surface area contributed by atoms with E-state index in [1.54, 1.807) is 6.08 Å². The van der Waals surface area contributed by atoms with E-state index in [0.717, 1.165) is 33.1 Å². The van der Waals surface area contributed by atoms with Crippen molar-refractivity contribution < 1.29 is 19.1 Å². The van der Waals surface area contributed by atoms with Crippen molar-refractivity contribution in [2.75, 3.05) is 13.2 Å². The highest BCUT2D eigenvalue weighted by Crippen LogP contribution is 2.34. The van der Waals surface area contributed by atoms with Gasteiger partial charge in [0.15, 0.2) is 0 Å². The first-order valence-corrected chi connectivity index (χ1v) is 13.3. The summed E-state index contributed by atoms with van der Waals surface area (Å²) in [5.41, 5.74) is 3.05. The highest BCUT2D eigenvalue weighted by Gasteiger charge is 2.35. The van der Waals surface area contributed by atoms with Gasteiger partial charge < -0.3 is 9.47 Å². The van der Waals surface area contributed by atoms with Gasteiger partial charge in [-0.1, -0.05) is 73.1 Å². The SMILES string of the molecule is CC(C)(C)c1ccc(OCCOc2cccc(/C=C3\SC(=O)N(Cc4ccc(Br)cc4)C3=O)c2)cc1. The van der Waals surface area contributed by atoms with Crippen LogP contribution in [0.5, 0.6) is 11.5 Å². The predicted molar refractivity (Wildman–Crippen MR) is 148 cm³/mol. The quantitative estimate of drug-likeness (QED) is 0.210. The van der Waals surface area contributed by atoms with Crippen molar-refractivity contribution in [3.8, 4) is 11.5 Å². The third-order valence-corrected chi connectivity index (χ3v) is 7.06. The molecule has 186 valence electrons. The van der Waals surface area contributed by atoms with Crippen molar-refractivity contribution in [3.63, 3.8) is 0 Å². The van der Waals surface area contributed by atoms with Crippen LogP contribution in [0, 0.1) is 0 Å². The predicted octanol–water partition coefficient (Wildman–Crippen LogP) is 7.44. The van der Waals surface area contributed by atoms with Crippen molar-refractivity contribution in [2.24, 2.45) is 0 Å². The minimum absolute atomic E-state index is 0.106. The Labute approximate surface area is 224 Å². The lowest BCUT2D eigenvalue weighted by atomic mass is 9.87. The molecular formula is C29H28BrNO4S. The van der Waals surface area contributed by atoms with Crippen molar-refractivity contribution in [3.05, 3.63) is 98.9 Å². The van der Waals surface area contributed by atoms with Crippen LogP contribution < -0.4 is 9.47 Å². The van der Waals surface area contributed by atoms with Gasteiger partial charge in [-0.2, -0.15) is 0 Å². The monoisotopic (exact) mass is 565 g/mol. The summed E-state index contributed by atoms with van der Waals surface area (Å²) in [6, 6.07) is 23.1. The summed E-state index contributed by atoms with van der Waals surface area (Å²) in [5.74, 6) is 1.19. The smallest absolute Gasteiger partial charge is 0.293 e. The van der Waals surface area contributed by atoms with Crippen molar-refractivity contribution in [1.29, 1.82) is 0 Å². The number of thioether (sulfide) groups is 1. The lowest BCUT2D eigenvalue weighted by molar-refractivity contribution is -0.123. The molecule has 0 bridgehead atoms. The summed E-state index contributed by atoms with van der Waals surface area (Å²) in [6.45, 7) is 7.58. The highest BCUT2D eigenvalue weighted by atomic mass is 79.9. The first-order valence-electron chi connectivity index (χ1n) is 11.6. The van der Waals surface area contributed by atoms with E-state index >= 15 is 0 Å². The number of amides is 2. The third-order valence-electron chi connectivity index (χ3n) is 5.62. The van der Waals surface area contributed by atoms with E-state index < -0.39 is 0 Å². The highest BCUT2D eigenvalue weighted by molar-refractivity contribution is 9.10. The van der Waals surface area contributed by atoms with Crippen LogP contribution in [0.1, 0.15) is 37.5 Å². The Kier molecular flexibility index (Phi) is 8.21. The Morgan fingerprint density at radius 1 is 0.889 bits per heavy atom. The van der Waals surface area contributed by atoms with Crippen LogP contribution in [0.4, 0.5) is 4.79 Å². The second-order valence-electron chi connectivity index (χ2n) is 9.44. The van der Waals surface area contributed by atoms with Gasteiger partial charge in [-0.05, 0) is 76.3 Å². The number of benzene rings is 3. The number of rotatable bonds is 8. The fraction of sp³-hybridized carbons (Fsp3) is 0.241. The van der Waals surface area contributed by atoms with E-state index in [4.69, 9.17) is 9.47 Å². The van der Waals surface area contributed by atoms with E-state index in [1.807, 2.05) is 60.7 Å². The Bertz CT molecular complexity index is 1260. The molecule has 2 amide bonds. The van der Waals surface area contributed by atoms with Crippen LogP contribution >= 0.6 is 27.7 Å². The zero-order valence-corrected chi connectivity index (χ0v) is 22.9. The molecule has 1 aliphatic rings. The second-order valence-corrected chi connectivity index (χ2v) is 11.3. The molecule has 7 heteroatoms. The number of carbonyl (C=O) groups excluding carboxylic acids is 2. The van der Waals surface area contributed by atoms with Crippen molar-refractivity contribution >= 4 is 44.9 Å². The molecule has 0 aliphatic carbocycles. The molecule has 0 radical (unpaired) electrons. The number of ether oxygens (including phenoxy) is 2. The average Bonchev–Trinajstić information content (AvgIpc) is 3.10. The van der Waals surface area contributed by atoms with Gasteiger partial charge in [0.1, 0.15) is 24.7 Å². The number of imide groups is 1. The Morgan fingerprint density at radius 2 is 1.56 bits per heavy atom. The molecule has 1 saturated heterocycles. The maximum atomic E-state index is 12.9. The number of hydrogen-bond acceptors (Lipinski definition) is 5. The normalized spacial score (nSPS) is 15.0. The van der Waals surface area contributed by atoms with Crippen LogP contribution in [0.15, 0.2) is 82.2 Å². The largest absolute Gasteiger partial charge is 0.490 e. The minimum Gasteiger partial charge on any atom is -0.490 e. The van der Waals surface area contributed by atoms with Crippen LogP contribution in [-0.2, 0) is 16.8 Å². The fourth-order valence-electron chi connectivity index (χ4n) is 3.62. The summed E-state index contributed by atoms with van der Waals surface area (Å²) >= 11 is 4.35. The molecule has 36 heavy (non-hydrogen) atoms. The number of nitrogens with zero attached hydrogens (tertiary/aromatic N) is 1. The maximum Gasteiger partial charge on any atom is 0.293 e. The van der Waals surface area contributed by atoms with Gasteiger partial charge in [0, 0.05) is 4.47 Å².